The number of hydrogen-bond donors (Lipinski definition) is 1. The lowest BCUT2D eigenvalue weighted by Crippen LogP contribution is -2.52. The van der Waals surface area contributed by atoms with Crippen LogP contribution in [0.1, 0.15) is 30.5 Å². The third-order valence-corrected chi connectivity index (χ3v) is 9.34. The van der Waals surface area contributed by atoms with Crippen LogP contribution in [0.2, 0.25) is 0 Å². The number of aromatic nitrogens is 3. The molecule has 6 rings (SSSR count). The van der Waals surface area contributed by atoms with E-state index in [4.69, 9.17) is 19.4 Å². The Morgan fingerprint density at radius 1 is 1.29 bits per heavy atom. The molecular weight excluding hydrogens is 454 g/mol. The number of ether oxygens (including phenoxy) is 2. The van der Waals surface area contributed by atoms with Gasteiger partial charge in [-0.15, -0.1) is 0 Å². The van der Waals surface area contributed by atoms with Crippen LogP contribution >= 0.6 is 0 Å². The summed E-state index contributed by atoms with van der Waals surface area (Å²) in [5, 5.41) is 10.2. The number of anilines is 1. The Hall–Kier alpha value is -3.16. The summed E-state index contributed by atoms with van der Waals surface area (Å²) in [6, 6.07) is 8.05. The van der Waals surface area contributed by atoms with Crippen LogP contribution in [0.4, 0.5) is 5.82 Å². The molecule has 176 valence electrons. The number of morpholine rings is 1. The summed E-state index contributed by atoms with van der Waals surface area (Å²) in [5.74, 6) is 1.55. The molecule has 1 saturated heterocycles. The van der Waals surface area contributed by atoms with Crippen molar-refractivity contribution in [2.24, 2.45) is 0 Å². The van der Waals surface area contributed by atoms with Crippen molar-refractivity contribution in [1.82, 2.24) is 15.0 Å². The van der Waals surface area contributed by atoms with Gasteiger partial charge in [-0.2, -0.15) is 5.26 Å². The van der Waals surface area contributed by atoms with Gasteiger partial charge in [-0.05, 0) is 43.0 Å². The highest BCUT2D eigenvalue weighted by Gasteiger charge is 2.53. The smallest absolute Gasteiger partial charge is 0.185 e. The van der Waals surface area contributed by atoms with E-state index in [9.17, 15) is 13.7 Å². The highest BCUT2D eigenvalue weighted by Crippen LogP contribution is 2.53. The SMILES string of the molecule is CS(=O)(=O)C1(c2nc(-c3cc(CC#N)cc4[nH]ccc34)nc3c2OC[C@@H]2COCCN32)CCC1. The minimum absolute atomic E-state index is 0.0182. The van der Waals surface area contributed by atoms with E-state index in [0.29, 0.717) is 62.3 Å². The second-order valence-electron chi connectivity index (χ2n) is 9.32. The van der Waals surface area contributed by atoms with E-state index >= 15 is 0 Å². The first-order valence-corrected chi connectivity index (χ1v) is 13.4. The van der Waals surface area contributed by atoms with Gasteiger partial charge in [0.2, 0.25) is 0 Å². The van der Waals surface area contributed by atoms with Gasteiger partial charge in [0, 0.05) is 35.5 Å². The Morgan fingerprint density at radius 2 is 2.15 bits per heavy atom. The van der Waals surface area contributed by atoms with Crippen molar-refractivity contribution < 1.29 is 17.9 Å². The fourth-order valence-corrected chi connectivity index (χ4v) is 6.85. The van der Waals surface area contributed by atoms with E-state index in [0.717, 1.165) is 28.5 Å². The normalized spacial score (nSPS) is 21.2. The molecule has 0 unspecified atom stereocenters. The van der Waals surface area contributed by atoms with E-state index < -0.39 is 14.6 Å². The average Bonchev–Trinajstić information content (AvgIpc) is 3.25. The molecule has 3 aromatic rings. The Kier molecular flexibility index (Phi) is 4.83. The maximum atomic E-state index is 13.1. The Balaban J connectivity index is 1.63. The zero-order valence-electron chi connectivity index (χ0n) is 18.9. The van der Waals surface area contributed by atoms with E-state index in [1.165, 1.54) is 6.26 Å². The first kappa shape index (κ1) is 21.4. The molecule has 0 radical (unpaired) electrons. The molecule has 4 heterocycles. The summed E-state index contributed by atoms with van der Waals surface area (Å²) in [7, 11) is -3.45. The molecule has 1 aliphatic carbocycles. The molecule has 0 amide bonds. The Morgan fingerprint density at radius 3 is 2.88 bits per heavy atom. The van der Waals surface area contributed by atoms with Gasteiger partial charge in [-0.3, -0.25) is 0 Å². The van der Waals surface area contributed by atoms with Crippen molar-refractivity contribution >= 4 is 26.6 Å². The number of nitriles is 1. The highest BCUT2D eigenvalue weighted by molar-refractivity contribution is 7.91. The number of rotatable bonds is 4. The van der Waals surface area contributed by atoms with Gasteiger partial charge in [-0.1, -0.05) is 0 Å². The number of nitrogens with zero attached hydrogens (tertiary/aromatic N) is 4. The zero-order valence-corrected chi connectivity index (χ0v) is 19.7. The van der Waals surface area contributed by atoms with Crippen molar-refractivity contribution in [3.8, 4) is 23.2 Å². The molecule has 0 spiro atoms. The van der Waals surface area contributed by atoms with Crippen LogP contribution in [0, 0.1) is 11.3 Å². The predicted octanol–water partition coefficient (Wildman–Crippen LogP) is 2.71. The van der Waals surface area contributed by atoms with E-state index in [-0.39, 0.29) is 12.5 Å². The minimum Gasteiger partial charge on any atom is -0.486 e. The summed E-state index contributed by atoms with van der Waals surface area (Å²) in [6.07, 6.45) is 5.23. The summed E-state index contributed by atoms with van der Waals surface area (Å²) in [5.41, 5.74) is 2.96. The number of aromatic amines is 1. The van der Waals surface area contributed by atoms with Crippen LogP contribution in [0.5, 0.6) is 5.75 Å². The van der Waals surface area contributed by atoms with E-state index in [2.05, 4.69) is 16.0 Å². The molecule has 10 heteroatoms. The van der Waals surface area contributed by atoms with Gasteiger partial charge in [0.05, 0.1) is 31.7 Å². The molecule has 1 aromatic carbocycles. The molecule has 1 saturated carbocycles. The van der Waals surface area contributed by atoms with Gasteiger partial charge in [0.25, 0.3) is 0 Å². The molecule has 34 heavy (non-hydrogen) atoms. The number of hydrogen-bond acceptors (Lipinski definition) is 8. The average molecular weight is 480 g/mol. The van der Waals surface area contributed by atoms with Crippen LogP contribution in [0.15, 0.2) is 24.4 Å². The summed E-state index contributed by atoms with van der Waals surface area (Å²) >= 11 is 0. The third-order valence-electron chi connectivity index (χ3n) is 7.32. The predicted molar refractivity (Wildman–Crippen MR) is 126 cm³/mol. The van der Waals surface area contributed by atoms with Gasteiger partial charge in [-0.25, -0.2) is 18.4 Å². The number of nitrogens with one attached hydrogen (secondary N) is 1. The quantitative estimate of drug-likeness (QED) is 0.606. The summed E-state index contributed by atoms with van der Waals surface area (Å²) in [6.45, 7) is 2.16. The van der Waals surface area contributed by atoms with Crippen LogP contribution < -0.4 is 9.64 Å². The van der Waals surface area contributed by atoms with Crippen LogP contribution in [0.3, 0.4) is 0 Å². The van der Waals surface area contributed by atoms with Crippen LogP contribution in [0.25, 0.3) is 22.3 Å². The van der Waals surface area contributed by atoms with Crippen molar-refractivity contribution in [2.75, 3.05) is 37.5 Å². The maximum absolute atomic E-state index is 13.1. The van der Waals surface area contributed by atoms with E-state index in [1.54, 1.807) is 0 Å². The maximum Gasteiger partial charge on any atom is 0.185 e. The molecule has 2 fully saturated rings. The Bertz CT molecular complexity index is 1440. The van der Waals surface area contributed by atoms with Crippen molar-refractivity contribution in [3.05, 3.63) is 35.7 Å². The number of sulfone groups is 1. The largest absolute Gasteiger partial charge is 0.486 e. The van der Waals surface area contributed by atoms with E-state index in [1.807, 2.05) is 24.4 Å². The monoisotopic (exact) mass is 479 g/mol. The molecule has 1 N–H and O–H groups in total. The molecule has 9 nitrogen and oxygen atoms in total. The van der Waals surface area contributed by atoms with Gasteiger partial charge in [0.15, 0.2) is 27.2 Å². The van der Waals surface area contributed by atoms with Gasteiger partial charge in [0.1, 0.15) is 17.0 Å². The lowest BCUT2D eigenvalue weighted by atomic mass is 9.80. The Labute approximate surface area is 197 Å². The second-order valence-corrected chi connectivity index (χ2v) is 11.6. The topological polar surface area (TPSA) is 121 Å². The van der Waals surface area contributed by atoms with Crippen LogP contribution in [-0.2, 0) is 25.7 Å². The molecule has 2 aliphatic heterocycles. The summed E-state index contributed by atoms with van der Waals surface area (Å²) in [4.78, 5) is 15.3. The second kappa shape index (κ2) is 7.68. The first-order chi connectivity index (χ1) is 16.4. The number of fused-ring (bicyclic) bond motifs is 4. The van der Waals surface area contributed by atoms with Crippen LogP contribution in [-0.4, -0.2) is 62.0 Å². The molecule has 2 aromatic heterocycles. The van der Waals surface area contributed by atoms with Crippen molar-refractivity contribution in [2.45, 2.75) is 36.5 Å². The zero-order chi connectivity index (χ0) is 23.5. The lowest BCUT2D eigenvalue weighted by molar-refractivity contribution is 0.0688. The van der Waals surface area contributed by atoms with Crippen molar-refractivity contribution in [1.29, 1.82) is 5.26 Å². The highest BCUT2D eigenvalue weighted by atomic mass is 32.2. The fraction of sp³-hybridized carbons (Fsp3) is 0.458. The minimum atomic E-state index is -3.45. The number of benzene rings is 1. The third kappa shape index (κ3) is 3.11. The molecular formula is C24H25N5O4S. The summed E-state index contributed by atoms with van der Waals surface area (Å²) < 4.78 is 36.9. The van der Waals surface area contributed by atoms with Crippen molar-refractivity contribution in [3.63, 3.8) is 0 Å². The first-order valence-electron chi connectivity index (χ1n) is 11.5. The van der Waals surface area contributed by atoms with Gasteiger partial charge >= 0.3 is 0 Å². The fourth-order valence-electron chi connectivity index (χ4n) is 5.33. The van der Waals surface area contributed by atoms with Gasteiger partial charge < -0.3 is 19.4 Å². The molecule has 1 atom stereocenters. The lowest BCUT2D eigenvalue weighted by Gasteiger charge is -2.44. The molecule has 0 bridgehead atoms. The number of H-pyrrole nitrogens is 1. The standard InChI is InChI=1S/C24H25N5O4S/c1-34(30,31)24(5-2-6-24)21-20-23(29-9-10-32-13-16(29)14-33-20)28-22(27-21)18-11-15(3-7-25)12-19-17(18)4-8-26-19/h4,8,11-12,16,26H,2-3,5-6,9-10,13-14H2,1H3/t16-/m0/s1. The molecule has 3 aliphatic rings.